The van der Waals surface area contributed by atoms with Gasteiger partial charge in [-0.05, 0) is 12.1 Å². The summed E-state index contributed by atoms with van der Waals surface area (Å²) in [5.41, 5.74) is 6.43. The van der Waals surface area contributed by atoms with Crippen LogP contribution in [0.25, 0.3) is 5.69 Å². The Hall–Kier alpha value is -3.16. The van der Waals surface area contributed by atoms with Crippen LogP contribution in [0.5, 0.6) is 17.8 Å². The number of benzene rings is 1. The van der Waals surface area contributed by atoms with Gasteiger partial charge in [0.15, 0.2) is 0 Å². The maximum absolute atomic E-state index is 5.56. The number of nitrogens with zero attached hydrogens (tertiary/aromatic N) is 5. The molecule has 2 N–H and O–H groups in total. The van der Waals surface area contributed by atoms with Gasteiger partial charge in [0.25, 0.3) is 0 Å². The molecular weight excluding hydrogens is 272 g/mol. The van der Waals surface area contributed by atoms with Gasteiger partial charge in [0, 0.05) is 0 Å². The fourth-order valence-electron chi connectivity index (χ4n) is 1.67. The van der Waals surface area contributed by atoms with Gasteiger partial charge in [-0.1, -0.05) is 18.2 Å². The third-order valence-electron chi connectivity index (χ3n) is 2.59. The van der Waals surface area contributed by atoms with Crippen LogP contribution in [0.3, 0.4) is 0 Å². The quantitative estimate of drug-likeness (QED) is 0.773. The topological polar surface area (TPSA) is 101 Å². The minimum Gasteiger partial charge on any atom is -0.481 e. The molecule has 0 aliphatic heterocycles. The first-order valence-corrected chi connectivity index (χ1v) is 6.08. The Kier molecular flexibility index (Phi) is 3.34. The average molecular weight is 284 g/mol. The van der Waals surface area contributed by atoms with Gasteiger partial charge < -0.3 is 15.2 Å². The van der Waals surface area contributed by atoms with Crippen molar-refractivity contribution in [1.29, 1.82) is 0 Å². The first kappa shape index (κ1) is 12.9. The SMILES string of the molecule is COc1cc(Oc2ncn(-c3ccccc3)n2)nc(N)n1. The predicted molar refractivity (Wildman–Crippen MR) is 74.4 cm³/mol. The number of hydrogen-bond donors (Lipinski definition) is 1. The first-order valence-electron chi connectivity index (χ1n) is 6.08. The second-order valence-corrected chi connectivity index (χ2v) is 4.02. The van der Waals surface area contributed by atoms with E-state index in [2.05, 4.69) is 20.1 Å². The zero-order valence-corrected chi connectivity index (χ0v) is 11.2. The Morgan fingerprint density at radius 2 is 1.86 bits per heavy atom. The van der Waals surface area contributed by atoms with Crippen molar-refractivity contribution in [1.82, 2.24) is 24.7 Å². The van der Waals surface area contributed by atoms with Crippen LogP contribution in [-0.4, -0.2) is 31.8 Å². The van der Waals surface area contributed by atoms with E-state index < -0.39 is 0 Å². The third-order valence-corrected chi connectivity index (χ3v) is 2.59. The van der Waals surface area contributed by atoms with E-state index in [1.807, 2.05) is 30.3 Å². The fourth-order valence-corrected chi connectivity index (χ4v) is 1.67. The van der Waals surface area contributed by atoms with Crippen LogP contribution in [0.1, 0.15) is 0 Å². The molecule has 8 heteroatoms. The summed E-state index contributed by atoms with van der Waals surface area (Å²) in [7, 11) is 1.48. The summed E-state index contributed by atoms with van der Waals surface area (Å²) in [6, 6.07) is 11.2. The molecule has 0 aliphatic carbocycles. The number of nitrogens with two attached hydrogens (primary N) is 1. The van der Waals surface area contributed by atoms with Crippen molar-refractivity contribution >= 4 is 5.95 Å². The number of hydrogen-bond acceptors (Lipinski definition) is 7. The molecule has 0 aliphatic rings. The lowest BCUT2D eigenvalue weighted by atomic mass is 10.3. The molecule has 1 aromatic carbocycles. The largest absolute Gasteiger partial charge is 0.481 e. The standard InChI is InChI=1S/C13H12N6O2/c1-20-10-7-11(17-12(14)16-10)21-13-15-8-19(18-13)9-5-3-2-4-6-9/h2-8H,1H3,(H2,14,16,17). The predicted octanol–water partition coefficient (Wildman–Crippen LogP) is 1.44. The van der Waals surface area contributed by atoms with Gasteiger partial charge in [0.05, 0.1) is 18.9 Å². The Balaban J connectivity index is 1.83. The Labute approximate surface area is 120 Å². The van der Waals surface area contributed by atoms with Gasteiger partial charge in [-0.15, -0.1) is 5.10 Å². The summed E-state index contributed by atoms with van der Waals surface area (Å²) in [5.74, 6) is 0.567. The Morgan fingerprint density at radius 1 is 1.10 bits per heavy atom. The molecule has 21 heavy (non-hydrogen) atoms. The highest BCUT2D eigenvalue weighted by Crippen LogP contribution is 2.20. The number of nitrogen functional groups attached to an aromatic ring is 1. The van der Waals surface area contributed by atoms with E-state index in [1.165, 1.54) is 13.2 Å². The van der Waals surface area contributed by atoms with Crippen LogP contribution in [0.2, 0.25) is 0 Å². The summed E-state index contributed by atoms with van der Waals surface area (Å²) in [6.07, 6.45) is 1.55. The van der Waals surface area contributed by atoms with E-state index >= 15 is 0 Å². The number of methoxy groups -OCH3 is 1. The molecule has 106 valence electrons. The van der Waals surface area contributed by atoms with Crippen molar-refractivity contribution in [3.63, 3.8) is 0 Å². The number of para-hydroxylation sites is 1. The second kappa shape index (κ2) is 5.45. The fraction of sp³-hybridized carbons (Fsp3) is 0.0769. The molecule has 0 saturated heterocycles. The molecular formula is C13H12N6O2. The third kappa shape index (κ3) is 2.89. The lowest BCUT2D eigenvalue weighted by Crippen LogP contribution is -2.00. The maximum atomic E-state index is 5.56. The second-order valence-electron chi connectivity index (χ2n) is 4.02. The van der Waals surface area contributed by atoms with Crippen molar-refractivity contribution in [2.24, 2.45) is 0 Å². The van der Waals surface area contributed by atoms with E-state index in [0.29, 0.717) is 5.88 Å². The van der Waals surface area contributed by atoms with Gasteiger partial charge in [-0.3, -0.25) is 0 Å². The first-order chi connectivity index (χ1) is 10.2. The van der Waals surface area contributed by atoms with E-state index in [0.717, 1.165) is 5.69 Å². The van der Waals surface area contributed by atoms with Crippen molar-refractivity contribution in [3.05, 3.63) is 42.7 Å². The molecule has 2 heterocycles. The zero-order valence-electron chi connectivity index (χ0n) is 11.2. The Morgan fingerprint density at radius 3 is 2.62 bits per heavy atom. The monoisotopic (exact) mass is 284 g/mol. The highest BCUT2D eigenvalue weighted by Gasteiger charge is 2.09. The lowest BCUT2D eigenvalue weighted by Gasteiger charge is -2.03. The summed E-state index contributed by atoms with van der Waals surface area (Å²) < 4.78 is 12.0. The molecule has 0 spiro atoms. The van der Waals surface area contributed by atoms with Crippen LogP contribution >= 0.6 is 0 Å². The van der Waals surface area contributed by atoms with Gasteiger partial charge >= 0.3 is 6.01 Å². The molecule has 0 bridgehead atoms. The molecule has 0 unspecified atom stereocenters. The van der Waals surface area contributed by atoms with Crippen LogP contribution in [0.4, 0.5) is 5.95 Å². The number of anilines is 1. The van der Waals surface area contributed by atoms with Gasteiger partial charge in [-0.2, -0.15) is 15.0 Å². The molecule has 3 rings (SSSR count). The van der Waals surface area contributed by atoms with Crippen LogP contribution in [-0.2, 0) is 0 Å². The number of ether oxygens (including phenoxy) is 2. The maximum Gasteiger partial charge on any atom is 0.342 e. The van der Waals surface area contributed by atoms with E-state index in [9.17, 15) is 0 Å². The van der Waals surface area contributed by atoms with Crippen LogP contribution < -0.4 is 15.2 Å². The molecule has 0 atom stereocenters. The summed E-state index contributed by atoms with van der Waals surface area (Å²) >= 11 is 0. The summed E-state index contributed by atoms with van der Waals surface area (Å²) in [4.78, 5) is 11.9. The highest BCUT2D eigenvalue weighted by molar-refractivity contribution is 5.32. The molecule has 0 amide bonds. The van der Waals surface area contributed by atoms with Gasteiger partial charge in [-0.25, -0.2) is 4.68 Å². The van der Waals surface area contributed by atoms with Crippen LogP contribution in [0.15, 0.2) is 42.7 Å². The molecule has 2 aromatic heterocycles. The van der Waals surface area contributed by atoms with E-state index in [4.69, 9.17) is 15.2 Å². The molecule has 0 radical (unpaired) electrons. The zero-order chi connectivity index (χ0) is 14.7. The van der Waals surface area contributed by atoms with Crippen molar-refractivity contribution in [2.75, 3.05) is 12.8 Å². The van der Waals surface area contributed by atoms with Crippen molar-refractivity contribution < 1.29 is 9.47 Å². The number of rotatable bonds is 4. The molecule has 0 saturated carbocycles. The minimum atomic E-state index is 0.0480. The molecule has 3 aromatic rings. The Bertz CT molecular complexity index is 743. The van der Waals surface area contributed by atoms with Gasteiger partial charge in [0.1, 0.15) is 6.33 Å². The highest BCUT2D eigenvalue weighted by atomic mass is 16.5. The van der Waals surface area contributed by atoms with Crippen molar-refractivity contribution in [2.45, 2.75) is 0 Å². The smallest absolute Gasteiger partial charge is 0.342 e. The van der Waals surface area contributed by atoms with Crippen molar-refractivity contribution in [3.8, 4) is 23.5 Å². The molecule has 8 nitrogen and oxygen atoms in total. The minimum absolute atomic E-state index is 0.0480. The summed E-state index contributed by atoms with van der Waals surface area (Å²) in [6.45, 7) is 0. The number of aromatic nitrogens is 5. The van der Waals surface area contributed by atoms with E-state index in [-0.39, 0.29) is 17.8 Å². The van der Waals surface area contributed by atoms with Crippen LogP contribution in [0, 0.1) is 0 Å². The van der Waals surface area contributed by atoms with E-state index in [1.54, 1.807) is 11.0 Å². The summed E-state index contributed by atoms with van der Waals surface area (Å²) in [5, 5.41) is 4.20. The lowest BCUT2D eigenvalue weighted by molar-refractivity contribution is 0.383. The average Bonchev–Trinajstić information content (AvgIpc) is 2.96. The van der Waals surface area contributed by atoms with Gasteiger partial charge in [0.2, 0.25) is 17.7 Å². The normalized spacial score (nSPS) is 10.3. The molecule has 0 fully saturated rings.